The van der Waals surface area contributed by atoms with E-state index < -0.39 is 0 Å². The quantitative estimate of drug-likeness (QED) is 0.826. The van der Waals surface area contributed by atoms with Gasteiger partial charge in [-0.05, 0) is 43.5 Å². The van der Waals surface area contributed by atoms with Crippen LogP contribution in [0.25, 0.3) is 0 Å². The van der Waals surface area contributed by atoms with E-state index in [0.717, 1.165) is 18.4 Å². The molecule has 0 aliphatic heterocycles. The molecule has 0 aromatic heterocycles. The number of halogens is 2. The van der Waals surface area contributed by atoms with Gasteiger partial charge in [-0.1, -0.05) is 23.2 Å². The van der Waals surface area contributed by atoms with E-state index in [9.17, 15) is 0 Å². The Kier molecular flexibility index (Phi) is 4.04. The molecule has 1 aromatic rings. The molecule has 1 N–H and O–H groups in total. The zero-order chi connectivity index (χ0) is 9.84. The average Bonchev–Trinajstić information content (AvgIpc) is 1.99. The summed E-state index contributed by atoms with van der Waals surface area (Å²) in [7, 11) is 0. The Morgan fingerprint density at radius 3 is 2.23 bits per heavy atom. The second kappa shape index (κ2) is 4.85. The Morgan fingerprint density at radius 1 is 1.23 bits per heavy atom. The van der Waals surface area contributed by atoms with Crippen LogP contribution in [0.1, 0.15) is 18.9 Å². The van der Waals surface area contributed by atoms with Crippen LogP contribution in [-0.2, 0) is 6.42 Å². The van der Waals surface area contributed by atoms with E-state index in [1.54, 1.807) is 13.0 Å². The van der Waals surface area contributed by atoms with E-state index in [4.69, 9.17) is 28.3 Å². The monoisotopic (exact) mass is 218 g/mol. The van der Waals surface area contributed by atoms with Crippen molar-refractivity contribution in [3.05, 3.63) is 33.8 Å². The van der Waals surface area contributed by atoms with E-state index in [0.29, 0.717) is 10.0 Å². The summed E-state index contributed by atoms with van der Waals surface area (Å²) in [5, 5.41) is 10.4. The molecule has 1 nitrogen and oxygen atoms in total. The van der Waals surface area contributed by atoms with Gasteiger partial charge in [0.15, 0.2) is 0 Å². The Balaban J connectivity index is 2.66. The predicted molar refractivity (Wildman–Crippen MR) is 56.5 cm³/mol. The van der Waals surface area contributed by atoms with Crippen molar-refractivity contribution in [2.75, 3.05) is 0 Å². The number of rotatable bonds is 3. The van der Waals surface area contributed by atoms with Gasteiger partial charge in [-0.25, -0.2) is 0 Å². The average molecular weight is 219 g/mol. The lowest BCUT2D eigenvalue weighted by Crippen LogP contribution is -2.01. The second-order valence-electron chi connectivity index (χ2n) is 3.17. The van der Waals surface area contributed by atoms with Crippen molar-refractivity contribution >= 4 is 23.2 Å². The lowest BCUT2D eigenvalue weighted by atomic mass is 10.1. The summed E-state index contributed by atoms with van der Waals surface area (Å²) in [6, 6.07) is 5.45. The van der Waals surface area contributed by atoms with E-state index >= 15 is 0 Å². The Labute approximate surface area is 88.3 Å². The van der Waals surface area contributed by atoms with Gasteiger partial charge in [0, 0.05) is 10.0 Å². The Hall–Kier alpha value is -0.240. The van der Waals surface area contributed by atoms with Gasteiger partial charge in [0.1, 0.15) is 0 Å². The number of aliphatic hydroxyl groups excluding tert-OH is 1. The van der Waals surface area contributed by atoms with Crippen LogP contribution in [-0.4, -0.2) is 11.2 Å². The fourth-order valence-electron chi connectivity index (χ4n) is 1.13. The number of hydrogen-bond donors (Lipinski definition) is 1. The number of aryl methyl sites for hydroxylation is 1. The fraction of sp³-hybridized carbons (Fsp3) is 0.400. The van der Waals surface area contributed by atoms with Crippen LogP contribution in [0.3, 0.4) is 0 Å². The summed E-state index contributed by atoms with van der Waals surface area (Å²) in [5.74, 6) is 0. The van der Waals surface area contributed by atoms with Crippen LogP contribution < -0.4 is 0 Å². The molecule has 3 heteroatoms. The molecule has 0 aliphatic rings. The molecule has 1 atom stereocenters. The molecule has 0 fully saturated rings. The second-order valence-corrected chi connectivity index (χ2v) is 4.04. The molecular formula is C10H12Cl2O. The van der Waals surface area contributed by atoms with Crippen LogP contribution in [0.5, 0.6) is 0 Å². The Bertz CT molecular complexity index is 264. The molecule has 72 valence electrons. The van der Waals surface area contributed by atoms with Crippen molar-refractivity contribution in [2.45, 2.75) is 25.9 Å². The van der Waals surface area contributed by atoms with Crippen LogP contribution >= 0.6 is 23.2 Å². The first-order valence-electron chi connectivity index (χ1n) is 4.21. The van der Waals surface area contributed by atoms with Crippen molar-refractivity contribution in [3.63, 3.8) is 0 Å². The van der Waals surface area contributed by atoms with Gasteiger partial charge in [0.05, 0.1) is 6.10 Å². The standard InChI is InChI=1S/C10H12Cl2O/c1-7(13)2-3-8-4-9(11)6-10(12)5-8/h4-7,13H,2-3H2,1H3/t7-/m0/s1. The maximum Gasteiger partial charge on any atom is 0.0515 e. The molecule has 0 spiro atoms. The molecule has 0 saturated carbocycles. The van der Waals surface area contributed by atoms with Crippen LogP contribution in [0.15, 0.2) is 18.2 Å². The third-order valence-electron chi connectivity index (χ3n) is 1.77. The third kappa shape index (κ3) is 3.99. The summed E-state index contributed by atoms with van der Waals surface area (Å²) in [4.78, 5) is 0. The number of hydrogen-bond acceptors (Lipinski definition) is 1. The minimum Gasteiger partial charge on any atom is -0.393 e. The maximum absolute atomic E-state index is 9.09. The molecule has 0 radical (unpaired) electrons. The topological polar surface area (TPSA) is 20.2 Å². The molecule has 13 heavy (non-hydrogen) atoms. The van der Waals surface area contributed by atoms with Crippen molar-refractivity contribution in [1.82, 2.24) is 0 Å². The highest BCUT2D eigenvalue weighted by Gasteiger charge is 2.00. The van der Waals surface area contributed by atoms with E-state index in [2.05, 4.69) is 0 Å². The normalized spacial score (nSPS) is 12.9. The molecule has 0 aliphatic carbocycles. The van der Waals surface area contributed by atoms with Crippen LogP contribution in [0.2, 0.25) is 10.0 Å². The number of aliphatic hydroxyl groups is 1. The van der Waals surface area contributed by atoms with Gasteiger partial charge >= 0.3 is 0 Å². The molecule has 1 aromatic carbocycles. The smallest absolute Gasteiger partial charge is 0.0515 e. The first-order valence-corrected chi connectivity index (χ1v) is 4.96. The summed E-state index contributed by atoms with van der Waals surface area (Å²) in [5.41, 5.74) is 1.07. The molecule has 0 heterocycles. The highest BCUT2D eigenvalue weighted by Crippen LogP contribution is 2.20. The van der Waals surface area contributed by atoms with Gasteiger partial charge in [-0.15, -0.1) is 0 Å². The summed E-state index contributed by atoms with van der Waals surface area (Å²) in [6.07, 6.45) is 1.26. The van der Waals surface area contributed by atoms with Gasteiger partial charge in [-0.2, -0.15) is 0 Å². The van der Waals surface area contributed by atoms with Gasteiger partial charge < -0.3 is 5.11 Å². The molecule has 0 saturated heterocycles. The van der Waals surface area contributed by atoms with Crippen molar-refractivity contribution in [1.29, 1.82) is 0 Å². The molecule has 1 rings (SSSR count). The SMILES string of the molecule is C[C@H](O)CCc1cc(Cl)cc(Cl)c1. The molecular weight excluding hydrogens is 207 g/mol. The van der Waals surface area contributed by atoms with E-state index in [1.165, 1.54) is 0 Å². The maximum atomic E-state index is 9.09. The zero-order valence-corrected chi connectivity index (χ0v) is 8.94. The highest BCUT2D eigenvalue weighted by atomic mass is 35.5. The van der Waals surface area contributed by atoms with Gasteiger partial charge in [-0.3, -0.25) is 0 Å². The number of benzene rings is 1. The first kappa shape index (κ1) is 10.8. The summed E-state index contributed by atoms with van der Waals surface area (Å²) in [6.45, 7) is 1.77. The molecule has 0 amide bonds. The highest BCUT2D eigenvalue weighted by molar-refractivity contribution is 6.34. The van der Waals surface area contributed by atoms with Gasteiger partial charge in [0.25, 0.3) is 0 Å². The van der Waals surface area contributed by atoms with Crippen molar-refractivity contribution < 1.29 is 5.11 Å². The molecule has 0 unspecified atom stereocenters. The van der Waals surface area contributed by atoms with Crippen LogP contribution in [0, 0.1) is 0 Å². The largest absolute Gasteiger partial charge is 0.393 e. The van der Waals surface area contributed by atoms with Crippen LogP contribution in [0.4, 0.5) is 0 Å². The van der Waals surface area contributed by atoms with Gasteiger partial charge in [0.2, 0.25) is 0 Å². The summed E-state index contributed by atoms with van der Waals surface area (Å²) < 4.78 is 0. The van der Waals surface area contributed by atoms with E-state index in [1.807, 2.05) is 12.1 Å². The predicted octanol–water partition coefficient (Wildman–Crippen LogP) is 3.31. The summed E-state index contributed by atoms with van der Waals surface area (Å²) >= 11 is 11.6. The fourth-order valence-corrected chi connectivity index (χ4v) is 1.70. The lowest BCUT2D eigenvalue weighted by Gasteiger charge is -2.05. The third-order valence-corrected chi connectivity index (χ3v) is 2.21. The van der Waals surface area contributed by atoms with E-state index in [-0.39, 0.29) is 6.10 Å². The molecule has 0 bridgehead atoms. The lowest BCUT2D eigenvalue weighted by molar-refractivity contribution is 0.185. The minimum atomic E-state index is -0.280. The van der Waals surface area contributed by atoms with Crippen molar-refractivity contribution in [3.8, 4) is 0 Å². The minimum absolute atomic E-state index is 0.280. The Morgan fingerprint density at radius 2 is 1.77 bits per heavy atom. The first-order chi connectivity index (χ1) is 6.08. The zero-order valence-electron chi connectivity index (χ0n) is 7.43. The van der Waals surface area contributed by atoms with Crippen molar-refractivity contribution in [2.24, 2.45) is 0 Å².